The molecule has 130 valence electrons. The lowest BCUT2D eigenvalue weighted by atomic mass is 9.82. The molecule has 0 bridgehead atoms. The molecule has 2 aliphatic rings. The van der Waals surface area contributed by atoms with Gasteiger partial charge in [0.25, 0.3) is 0 Å². The number of aryl methyl sites for hydroxylation is 1. The van der Waals surface area contributed by atoms with Crippen LogP contribution in [0.2, 0.25) is 0 Å². The zero-order valence-corrected chi connectivity index (χ0v) is 14.3. The summed E-state index contributed by atoms with van der Waals surface area (Å²) in [5.41, 5.74) is 2.77. The molecule has 2 amide bonds. The third-order valence-corrected chi connectivity index (χ3v) is 4.99. The first kappa shape index (κ1) is 17.0. The molecule has 2 atom stereocenters. The molecule has 1 aromatic rings. The fourth-order valence-electron chi connectivity index (χ4n) is 3.63. The fourth-order valence-corrected chi connectivity index (χ4v) is 3.63. The van der Waals surface area contributed by atoms with Crippen LogP contribution in [0.25, 0.3) is 0 Å². The van der Waals surface area contributed by atoms with Gasteiger partial charge in [-0.3, -0.25) is 9.59 Å². The lowest BCUT2D eigenvalue weighted by Crippen LogP contribution is -2.50. The average Bonchev–Trinajstić information content (AvgIpc) is 2.61. The van der Waals surface area contributed by atoms with Crippen molar-refractivity contribution in [1.82, 2.24) is 10.2 Å². The smallest absolute Gasteiger partial charge is 0.245 e. The number of hydrogen-bond acceptors (Lipinski definition) is 3. The van der Waals surface area contributed by atoms with Crippen molar-refractivity contribution in [3.8, 4) is 0 Å². The second kappa shape index (κ2) is 7.79. The van der Waals surface area contributed by atoms with Crippen LogP contribution < -0.4 is 5.32 Å². The first-order valence-corrected chi connectivity index (χ1v) is 8.86. The summed E-state index contributed by atoms with van der Waals surface area (Å²) in [6, 6.07) is 8.00. The number of amides is 2. The van der Waals surface area contributed by atoms with Gasteiger partial charge in [0.15, 0.2) is 0 Å². The zero-order valence-electron chi connectivity index (χ0n) is 14.3. The molecular formula is C19H26N2O3. The molecule has 1 fully saturated rings. The highest BCUT2D eigenvalue weighted by molar-refractivity contribution is 5.87. The minimum absolute atomic E-state index is 0.0133. The van der Waals surface area contributed by atoms with Crippen LogP contribution in [0.4, 0.5) is 0 Å². The number of hydrogen-bond donors (Lipinski definition) is 1. The highest BCUT2D eigenvalue weighted by atomic mass is 16.5. The molecule has 0 aromatic heterocycles. The summed E-state index contributed by atoms with van der Waals surface area (Å²) < 4.78 is 5.26. The van der Waals surface area contributed by atoms with Gasteiger partial charge < -0.3 is 15.0 Å². The molecule has 1 aromatic carbocycles. The third kappa shape index (κ3) is 4.15. The van der Waals surface area contributed by atoms with E-state index in [4.69, 9.17) is 4.74 Å². The Morgan fingerprint density at radius 2 is 1.96 bits per heavy atom. The van der Waals surface area contributed by atoms with E-state index in [1.165, 1.54) is 11.1 Å². The van der Waals surface area contributed by atoms with Gasteiger partial charge in [-0.1, -0.05) is 24.3 Å². The summed E-state index contributed by atoms with van der Waals surface area (Å²) in [6.07, 6.45) is 3.52. The van der Waals surface area contributed by atoms with E-state index >= 15 is 0 Å². The SMILES string of the molecule is CC(NC(=O)CC1CCc2ccccc2C1)C(=O)N1CCOCC1. The molecule has 1 N–H and O–H groups in total. The average molecular weight is 330 g/mol. The van der Waals surface area contributed by atoms with E-state index in [2.05, 4.69) is 29.6 Å². The minimum Gasteiger partial charge on any atom is -0.378 e. The van der Waals surface area contributed by atoms with Crippen LogP contribution >= 0.6 is 0 Å². The number of ether oxygens (including phenoxy) is 1. The second-order valence-corrected chi connectivity index (χ2v) is 6.81. The molecule has 0 radical (unpaired) electrons. The van der Waals surface area contributed by atoms with E-state index in [9.17, 15) is 9.59 Å². The van der Waals surface area contributed by atoms with E-state index in [1.807, 2.05) is 0 Å². The van der Waals surface area contributed by atoms with Crippen molar-refractivity contribution in [3.63, 3.8) is 0 Å². The lowest BCUT2D eigenvalue weighted by molar-refractivity contribution is -0.139. The monoisotopic (exact) mass is 330 g/mol. The molecule has 1 aliphatic carbocycles. The Hall–Kier alpha value is -1.88. The molecule has 0 saturated carbocycles. The minimum atomic E-state index is -0.466. The summed E-state index contributed by atoms with van der Waals surface area (Å²) in [7, 11) is 0. The molecule has 1 aliphatic heterocycles. The molecule has 0 spiro atoms. The summed E-state index contributed by atoms with van der Waals surface area (Å²) in [4.78, 5) is 26.4. The van der Waals surface area contributed by atoms with Gasteiger partial charge in [0, 0.05) is 19.5 Å². The van der Waals surface area contributed by atoms with Crippen LogP contribution in [0.1, 0.15) is 30.9 Å². The highest BCUT2D eigenvalue weighted by Gasteiger charge is 2.25. The number of nitrogens with zero attached hydrogens (tertiary/aromatic N) is 1. The normalized spacial score (nSPS) is 21.7. The summed E-state index contributed by atoms with van der Waals surface area (Å²) in [5, 5.41) is 2.88. The van der Waals surface area contributed by atoms with Crippen molar-refractivity contribution < 1.29 is 14.3 Å². The van der Waals surface area contributed by atoms with Crippen molar-refractivity contribution in [3.05, 3.63) is 35.4 Å². The molecule has 1 heterocycles. The number of fused-ring (bicyclic) bond motifs is 1. The van der Waals surface area contributed by atoms with Crippen molar-refractivity contribution in [1.29, 1.82) is 0 Å². The Bertz CT molecular complexity index is 596. The molecule has 5 nitrogen and oxygen atoms in total. The Balaban J connectivity index is 1.48. The topological polar surface area (TPSA) is 58.6 Å². The number of morpholine rings is 1. The summed E-state index contributed by atoms with van der Waals surface area (Å²) in [5.74, 6) is 0.333. The van der Waals surface area contributed by atoms with Crippen molar-refractivity contribution in [2.24, 2.45) is 5.92 Å². The van der Waals surface area contributed by atoms with Crippen LogP contribution in [0.3, 0.4) is 0 Å². The van der Waals surface area contributed by atoms with Crippen LogP contribution in [-0.2, 0) is 27.2 Å². The van der Waals surface area contributed by atoms with Gasteiger partial charge in [-0.2, -0.15) is 0 Å². The predicted molar refractivity (Wildman–Crippen MR) is 91.6 cm³/mol. The molecule has 5 heteroatoms. The molecule has 1 saturated heterocycles. The van der Waals surface area contributed by atoms with E-state index < -0.39 is 6.04 Å². The number of carbonyl (C=O) groups excluding carboxylic acids is 2. The van der Waals surface area contributed by atoms with E-state index in [1.54, 1.807) is 11.8 Å². The fraction of sp³-hybridized carbons (Fsp3) is 0.579. The zero-order chi connectivity index (χ0) is 16.9. The quantitative estimate of drug-likeness (QED) is 0.911. The Morgan fingerprint density at radius 1 is 1.25 bits per heavy atom. The van der Waals surface area contributed by atoms with Gasteiger partial charge >= 0.3 is 0 Å². The first-order chi connectivity index (χ1) is 11.6. The number of rotatable bonds is 4. The van der Waals surface area contributed by atoms with E-state index in [0.717, 1.165) is 19.3 Å². The largest absolute Gasteiger partial charge is 0.378 e. The standard InChI is InChI=1S/C19H26N2O3/c1-14(19(23)21-8-10-24-11-9-21)20-18(22)13-15-6-7-16-4-2-3-5-17(16)12-15/h2-5,14-15H,6-13H2,1H3,(H,20,22). The van der Waals surface area contributed by atoms with Gasteiger partial charge in [0.2, 0.25) is 11.8 Å². The predicted octanol–water partition coefficient (Wildman–Crippen LogP) is 1.55. The van der Waals surface area contributed by atoms with Gasteiger partial charge in [-0.15, -0.1) is 0 Å². The van der Waals surface area contributed by atoms with Crippen molar-refractivity contribution in [2.75, 3.05) is 26.3 Å². The molecular weight excluding hydrogens is 304 g/mol. The van der Waals surface area contributed by atoms with Crippen LogP contribution in [0.5, 0.6) is 0 Å². The first-order valence-electron chi connectivity index (χ1n) is 8.86. The van der Waals surface area contributed by atoms with Gasteiger partial charge in [0.1, 0.15) is 6.04 Å². The van der Waals surface area contributed by atoms with E-state index in [-0.39, 0.29) is 11.8 Å². The second-order valence-electron chi connectivity index (χ2n) is 6.81. The summed E-state index contributed by atoms with van der Waals surface area (Å²) >= 11 is 0. The Morgan fingerprint density at radius 3 is 2.71 bits per heavy atom. The molecule has 3 rings (SSSR count). The van der Waals surface area contributed by atoms with Gasteiger partial charge in [-0.25, -0.2) is 0 Å². The van der Waals surface area contributed by atoms with Crippen LogP contribution in [0, 0.1) is 5.92 Å². The van der Waals surface area contributed by atoms with E-state index in [0.29, 0.717) is 38.6 Å². The van der Waals surface area contributed by atoms with Crippen molar-refractivity contribution >= 4 is 11.8 Å². The lowest BCUT2D eigenvalue weighted by Gasteiger charge is -2.30. The molecule has 24 heavy (non-hydrogen) atoms. The highest BCUT2D eigenvalue weighted by Crippen LogP contribution is 2.27. The number of benzene rings is 1. The van der Waals surface area contributed by atoms with Gasteiger partial charge in [-0.05, 0) is 43.2 Å². The maximum Gasteiger partial charge on any atom is 0.245 e. The maximum atomic E-state index is 12.3. The number of carbonyl (C=O) groups is 2. The summed E-state index contributed by atoms with van der Waals surface area (Å²) in [6.45, 7) is 4.14. The van der Waals surface area contributed by atoms with Gasteiger partial charge in [0.05, 0.1) is 13.2 Å². The maximum absolute atomic E-state index is 12.3. The number of nitrogens with one attached hydrogen (secondary N) is 1. The third-order valence-electron chi connectivity index (χ3n) is 4.99. The Labute approximate surface area is 143 Å². The van der Waals surface area contributed by atoms with Crippen LogP contribution in [0.15, 0.2) is 24.3 Å². The van der Waals surface area contributed by atoms with Crippen molar-refractivity contribution in [2.45, 2.75) is 38.6 Å². The molecule has 2 unspecified atom stereocenters. The Kier molecular flexibility index (Phi) is 5.51. The van der Waals surface area contributed by atoms with Crippen LogP contribution in [-0.4, -0.2) is 49.1 Å².